The number of carbonyl (C=O) groups excluding carboxylic acids is 1. The van der Waals surface area contributed by atoms with Crippen LogP contribution in [0.15, 0.2) is 60.1 Å². The number of amides is 1. The Bertz CT molecular complexity index is 1190. The fourth-order valence-electron chi connectivity index (χ4n) is 3.72. The maximum atomic E-state index is 12.3. The van der Waals surface area contributed by atoms with Gasteiger partial charge in [0, 0.05) is 54.2 Å². The summed E-state index contributed by atoms with van der Waals surface area (Å²) in [6, 6.07) is 16.3. The van der Waals surface area contributed by atoms with E-state index in [-0.39, 0.29) is 5.91 Å². The molecule has 0 aliphatic heterocycles. The van der Waals surface area contributed by atoms with Crippen molar-refractivity contribution >= 4 is 39.7 Å². The highest BCUT2D eigenvalue weighted by atomic mass is 35.5. The van der Waals surface area contributed by atoms with Crippen molar-refractivity contribution in [3.05, 3.63) is 87.0 Å². The number of nitrogens with zero attached hydrogens (tertiary/aromatic N) is 2. The van der Waals surface area contributed by atoms with Gasteiger partial charge >= 0.3 is 0 Å². The molecule has 0 spiro atoms. The molecule has 0 bridgehead atoms. The third-order valence-corrected chi connectivity index (χ3v) is 6.51. The quantitative estimate of drug-likeness (QED) is 0.298. The number of nitrogens with one attached hydrogen (secondary N) is 2. The summed E-state index contributed by atoms with van der Waals surface area (Å²) in [5.74, 6) is -0.169. The second-order valence-electron chi connectivity index (χ2n) is 7.82. The zero-order valence-electron chi connectivity index (χ0n) is 18.5. The average Bonchev–Trinajstić information content (AvgIpc) is 3.46. The number of rotatable bonds is 11. The molecule has 172 valence electrons. The lowest BCUT2D eigenvalue weighted by molar-refractivity contribution is 0.0932. The van der Waals surface area contributed by atoms with Gasteiger partial charge in [-0.15, -0.1) is 11.3 Å². The summed E-state index contributed by atoms with van der Waals surface area (Å²) < 4.78 is 4.98. The molecule has 1 amide bonds. The number of methoxy groups -OCH3 is 1. The van der Waals surface area contributed by atoms with E-state index in [0.717, 1.165) is 35.1 Å². The van der Waals surface area contributed by atoms with Gasteiger partial charge in [-0.25, -0.2) is 4.98 Å². The SMILES string of the molecule is COCCNC(=O)c1csc(CN(CCc2c[nH]c3ccccc23)Cc2ccc(Cl)cc2)n1. The van der Waals surface area contributed by atoms with Gasteiger partial charge in [0.1, 0.15) is 10.7 Å². The summed E-state index contributed by atoms with van der Waals surface area (Å²) in [7, 11) is 1.61. The van der Waals surface area contributed by atoms with Crippen molar-refractivity contribution in [1.29, 1.82) is 0 Å². The van der Waals surface area contributed by atoms with Crippen LogP contribution in [0.2, 0.25) is 5.02 Å². The van der Waals surface area contributed by atoms with E-state index < -0.39 is 0 Å². The van der Waals surface area contributed by atoms with E-state index in [0.29, 0.717) is 25.4 Å². The molecule has 8 heteroatoms. The lowest BCUT2D eigenvalue weighted by atomic mass is 10.1. The summed E-state index contributed by atoms with van der Waals surface area (Å²) in [6.45, 7) is 3.25. The van der Waals surface area contributed by atoms with Crippen LogP contribution in [0.5, 0.6) is 0 Å². The average molecular weight is 483 g/mol. The summed E-state index contributed by atoms with van der Waals surface area (Å²) >= 11 is 7.58. The monoisotopic (exact) mass is 482 g/mol. The first kappa shape index (κ1) is 23.4. The molecule has 0 aliphatic carbocycles. The third-order valence-electron chi connectivity index (χ3n) is 5.43. The van der Waals surface area contributed by atoms with E-state index in [2.05, 4.69) is 56.7 Å². The van der Waals surface area contributed by atoms with E-state index in [9.17, 15) is 4.79 Å². The number of aromatic amines is 1. The minimum Gasteiger partial charge on any atom is -0.383 e. The number of para-hydroxylation sites is 1. The Labute approximate surface area is 202 Å². The topological polar surface area (TPSA) is 70.2 Å². The zero-order valence-corrected chi connectivity index (χ0v) is 20.1. The first-order valence-electron chi connectivity index (χ1n) is 10.9. The highest BCUT2D eigenvalue weighted by Crippen LogP contribution is 2.21. The number of hydrogen-bond acceptors (Lipinski definition) is 5. The van der Waals surface area contributed by atoms with Crippen molar-refractivity contribution in [3.63, 3.8) is 0 Å². The smallest absolute Gasteiger partial charge is 0.270 e. The van der Waals surface area contributed by atoms with Crippen molar-refractivity contribution in [2.45, 2.75) is 19.5 Å². The van der Waals surface area contributed by atoms with Crippen molar-refractivity contribution in [2.75, 3.05) is 26.8 Å². The Balaban J connectivity index is 1.45. The summed E-state index contributed by atoms with van der Waals surface area (Å²) in [4.78, 5) is 22.6. The molecule has 4 aromatic rings. The van der Waals surface area contributed by atoms with Crippen LogP contribution in [0.4, 0.5) is 0 Å². The summed E-state index contributed by atoms with van der Waals surface area (Å²) in [6.07, 6.45) is 3.00. The Hall–Kier alpha value is -2.71. The van der Waals surface area contributed by atoms with Crippen molar-refractivity contribution in [3.8, 4) is 0 Å². The van der Waals surface area contributed by atoms with E-state index in [1.165, 1.54) is 27.8 Å². The highest BCUT2D eigenvalue weighted by Gasteiger charge is 2.15. The van der Waals surface area contributed by atoms with Gasteiger partial charge in [0.2, 0.25) is 0 Å². The van der Waals surface area contributed by atoms with Gasteiger partial charge in [-0.1, -0.05) is 41.9 Å². The Morgan fingerprint density at radius 1 is 1.18 bits per heavy atom. The van der Waals surface area contributed by atoms with Crippen molar-refractivity contribution in [1.82, 2.24) is 20.2 Å². The Morgan fingerprint density at radius 3 is 2.82 bits per heavy atom. The molecule has 0 aliphatic rings. The fraction of sp³-hybridized carbons (Fsp3) is 0.280. The van der Waals surface area contributed by atoms with Crippen LogP contribution in [0, 0.1) is 0 Å². The van der Waals surface area contributed by atoms with E-state index in [4.69, 9.17) is 16.3 Å². The minimum absolute atomic E-state index is 0.169. The summed E-state index contributed by atoms with van der Waals surface area (Å²) in [5, 5.41) is 7.54. The molecule has 0 fully saturated rings. The maximum absolute atomic E-state index is 12.3. The van der Waals surface area contributed by atoms with Crippen LogP contribution in [0.1, 0.15) is 26.6 Å². The van der Waals surface area contributed by atoms with Crippen LogP contribution in [0.25, 0.3) is 10.9 Å². The van der Waals surface area contributed by atoms with Crippen molar-refractivity contribution in [2.24, 2.45) is 0 Å². The molecule has 0 saturated carbocycles. The normalized spacial score (nSPS) is 11.4. The molecule has 2 N–H and O–H groups in total. The van der Waals surface area contributed by atoms with Crippen LogP contribution in [-0.4, -0.2) is 47.6 Å². The van der Waals surface area contributed by atoms with E-state index >= 15 is 0 Å². The minimum atomic E-state index is -0.169. The molecule has 0 atom stereocenters. The van der Waals surface area contributed by atoms with Gasteiger partial charge in [-0.2, -0.15) is 0 Å². The predicted molar refractivity (Wildman–Crippen MR) is 134 cm³/mol. The molecule has 4 rings (SSSR count). The first-order chi connectivity index (χ1) is 16.1. The Kier molecular flexibility index (Phi) is 8.12. The Morgan fingerprint density at radius 2 is 2.00 bits per heavy atom. The molecule has 2 heterocycles. The van der Waals surface area contributed by atoms with Gasteiger partial charge in [-0.05, 0) is 35.7 Å². The van der Waals surface area contributed by atoms with Crippen LogP contribution < -0.4 is 5.32 Å². The molecule has 0 unspecified atom stereocenters. The van der Waals surface area contributed by atoms with Crippen LogP contribution >= 0.6 is 22.9 Å². The molecule has 6 nitrogen and oxygen atoms in total. The highest BCUT2D eigenvalue weighted by molar-refractivity contribution is 7.09. The van der Waals surface area contributed by atoms with Gasteiger partial charge in [-0.3, -0.25) is 9.69 Å². The van der Waals surface area contributed by atoms with Crippen molar-refractivity contribution < 1.29 is 9.53 Å². The molecular weight excluding hydrogens is 456 g/mol. The van der Waals surface area contributed by atoms with Crippen LogP contribution in [0.3, 0.4) is 0 Å². The first-order valence-corrected chi connectivity index (χ1v) is 12.1. The van der Waals surface area contributed by atoms with Gasteiger partial charge in [0.25, 0.3) is 5.91 Å². The lowest BCUT2D eigenvalue weighted by Crippen LogP contribution is -2.27. The molecule has 0 saturated heterocycles. The van der Waals surface area contributed by atoms with Gasteiger partial charge in [0.15, 0.2) is 0 Å². The zero-order chi connectivity index (χ0) is 23.0. The lowest BCUT2D eigenvalue weighted by Gasteiger charge is -2.21. The van der Waals surface area contributed by atoms with Gasteiger partial charge < -0.3 is 15.0 Å². The summed E-state index contributed by atoms with van der Waals surface area (Å²) in [5.41, 5.74) is 4.09. The predicted octanol–water partition coefficient (Wildman–Crippen LogP) is 4.90. The maximum Gasteiger partial charge on any atom is 0.270 e. The number of halogens is 1. The molecular formula is C25H27ClN4O2S. The fourth-order valence-corrected chi connectivity index (χ4v) is 4.66. The number of fused-ring (bicyclic) bond motifs is 1. The molecule has 0 radical (unpaired) electrons. The number of hydrogen-bond donors (Lipinski definition) is 2. The molecule has 2 aromatic carbocycles. The largest absolute Gasteiger partial charge is 0.383 e. The standard InChI is InChI=1S/C25H27ClN4O2S/c1-32-13-11-27-25(31)23-17-33-24(29-23)16-30(15-18-6-8-20(26)9-7-18)12-10-19-14-28-22-5-3-2-4-21(19)22/h2-9,14,17,28H,10-13,15-16H2,1H3,(H,27,31). The van der Waals surface area contributed by atoms with Crippen LogP contribution in [-0.2, 0) is 24.2 Å². The number of H-pyrrole nitrogens is 1. The van der Waals surface area contributed by atoms with Gasteiger partial charge in [0.05, 0.1) is 13.2 Å². The number of ether oxygens (including phenoxy) is 1. The number of aromatic nitrogens is 2. The van der Waals surface area contributed by atoms with E-state index in [1.807, 2.05) is 23.6 Å². The number of benzene rings is 2. The number of thiazole rings is 1. The third kappa shape index (κ3) is 6.42. The molecule has 33 heavy (non-hydrogen) atoms. The van der Waals surface area contributed by atoms with E-state index in [1.54, 1.807) is 7.11 Å². The second-order valence-corrected chi connectivity index (χ2v) is 9.20. The number of carbonyl (C=O) groups is 1. The second kappa shape index (κ2) is 11.4. The molecule has 2 aromatic heterocycles.